The molecule has 0 aromatic carbocycles. The van der Waals surface area contributed by atoms with Gasteiger partial charge in [-0.2, -0.15) is 0 Å². The van der Waals surface area contributed by atoms with Crippen LogP contribution in [0.5, 0.6) is 0 Å². The zero-order valence-corrected chi connectivity index (χ0v) is 10.8. The van der Waals surface area contributed by atoms with E-state index in [1.54, 1.807) is 7.05 Å². The van der Waals surface area contributed by atoms with Crippen LogP contribution in [0, 0.1) is 5.41 Å². The lowest BCUT2D eigenvalue weighted by molar-refractivity contribution is -0.137. The van der Waals surface area contributed by atoms with Gasteiger partial charge < -0.3 is 21.2 Å². The Morgan fingerprint density at radius 3 is 2.56 bits per heavy atom. The van der Waals surface area contributed by atoms with E-state index >= 15 is 0 Å². The number of carbonyl (C=O) groups is 2. The van der Waals surface area contributed by atoms with Crippen LogP contribution in [-0.2, 0) is 9.59 Å². The number of nitrogens with zero attached hydrogens (tertiary/aromatic N) is 2. The largest absolute Gasteiger partial charge is 0.409 e. The van der Waals surface area contributed by atoms with E-state index in [1.165, 1.54) is 4.90 Å². The van der Waals surface area contributed by atoms with Gasteiger partial charge in [0.25, 0.3) is 0 Å². The van der Waals surface area contributed by atoms with Crippen molar-refractivity contribution in [3.05, 3.63) is 0 Å². The quantitative estimate of drug-likeness (QED) is 0.257. The third kappa shape index (κ3) is 2.91. The van der Waals surface area contributed by atoms with Gasteiger partial charge in [-0.1, -0.05) is 12.1 Å². The van der Waals surface area contributed by atoms with Crippen molar-refractivity contribution in [1.29, 1.82) is 0 Å². The Bertz CT molecular complexity index is 363. The number of rotatable bonds is 6. The first-order valence-corrected chi connectivity index (χ1v) is 5.98. The van der Waals surface area contributed by atoms with Crippen LogP contribution in [0.25, 0.3) is 0 Å². The summed E-state index contributed by atoms with van der Waals surface area (Å²) in [7, 11) is 1.54. The summed E-state index contributed by atoms with van der Waals surface area (Å²) in [5, 5.41) is 14.2. The van der Waals surface area contributed by atoms with Crippen molar-refractivity contribution in [1.82, 2.24) is 10.2 Å². The lowest BCUT2D eigenvalue weighted by atomic mass is 10.0. The predicted octanol–water partition coefficient (Wildman–Crippen LogP) is -0.502. The number of hydrogen-bond acceptors (Lipinski definition) is 4. The zero-order chi connectivity index (χ0) is 13.8. The second kappa shape index (κ2) is 5.70. The summed E-state index contributed by atoms with van der Waals surface area (Å²) in [6.07, 6.45) is 1.96. The molecule has 0 saturated heterocycles. The molecule has 1 aliphatic carbocycles. The highest BCUT2D eigenvalue weighted by Gasteiger charge is 2.55. The first kappa shape index (κ1) is 14.3. The predicted molar refractivity (Wildman–Crippen MR) is 66.0 cm³/mol. The molecule has 102 valence electrons. The smallest absolute Gasteiger partial charge is 0.239 e. The highest BCUT2D eigenvalue weighted by Crippen LogP contribution is 2.47. The number of carbonyl (C=O) groups excluding carboxylic acids is 2. The maximum atomic E-state index is 12.1. The van der Waals surface area contributed by atoms with Crippen molar-refractivity contribution in [3.63, 3.8) is 0 Å². The Balaban J connectivity index is 2.55. The second-order valence-electron chi connectivity index (χ2n) is 4.58. The van der Waals surface area contributed by atoms with Crippen LogP contribution in [-0.4, -0.2) is 47.9 Å². The van der Waals surface area contributed by atoms with Crippen molar-refractivity contribution in [2.45, 2.75) is 26.2 Å². The molecule has 1 fully saturated rings. The minimum absolute atomic E-state index is 0.0146. The van der Waals surface area contributed by atoms with E-state index in [1.807, 2.05) is 6.92 Å². The Morgan fingerprint density at radius 1 is 1.50 bits per heavy atom. The number of likely N-dealkylation sites (N-methyl/N-ethyl adjacent to an activating group) is 1. The molecular formula is C11H20N4O3. The number of nitrogens with one attached hydrogen (secondary N) is 1. The van der Waals surface area contributed by atoms with Gasteiger partial charge >= 0.3 is 0 Å². The van der Waals surface area contributed by atoms with Crippen molar-refractivity contribution in [3.8, 4) is 0 Å². The molecule has 0 heterocycles. The van der Waals surface area contributed by atoms with Gasteiger partial charge in [0.15, 0.2) is 5.84 Å². The average molecular weight is 256 g/mol. The molecule has 0 aromatic rings. The standard InChI is InChI=1S/C11H20N4O3/c1-3-6-13-8(16)7-15(2)10(17)11(4-5-11)9(12)14-18/h18H,3-7H2,1-2H3,(H2,12,14)(H,13,16). The summed E-state index contributed by atoms with van der Waals surface area (Å²) in [4.78, 5) is 24.9. The molecule has 18 heavy (non-hydrogen) atoms. The lowest BCUT2D eigenvalue weighted by Crippen LogP contribution is -2.45. The van der Waals surface area contributed by atoms with Gasteiger partial charge in [-0.15, -0.1) is 0 Å². The highest BCUT2D eigenvalue weighted by atomic mass is 16.4. The lowest BCUT2D eigenvalue weighted by Gasteiger charge is -2.22. The third-order valence-corrected chi connectivity index (χ3v) is 3.06. The van der Waals surface area contributed by atoms with E-state index in [2.05, 4.69) is 10.5 Å². The monoisotopic (exact) mass is 256 g/mol. The number of oxime groups is 1. The van der Waals surface area contributed by atoms with Crippen molar-refractivity contribution >= 4 is 17.6 Å². The second-order valence-corrected chi connectivity index (χ2v) is 4.58. The maximum absolute atomic E-state index is 12.1. The summed E-state index contributed by atoms with van der Waals surface area (Å²) in [5.74, 6) is -0.555. The molecule has 0 unspecified atom stereocenters. The summed E-state index contributed by atoms with van der Waals surface area (Å²) >= 11 is 0. The summed E-state index contributed by atoms with van der Waals surface area (Å²) in [6.45, 7) is 2.53. The number of amides is 2. The Kier molecular flexibility index (Phi) is 4.52. The van der Waals surface area contributed by atoms with E-state index in [4.69, 9.17) is 10.9 Å². The van der Waals surface area contributed by atoms with Gasteiger partial charge in [0.1, 0.15) is 5.41 Å². The van der Waals surface area contributed by atoms with Gasteiger partial charge in [-0.3, -0.25) is 9.59 Å². The van der Waals surface area contributed by atoms with E-state index in [-0.39, 0.29) is 24.2 Å². The fourth-order valence-corrected chi connectivity index (χ4v) is 1.77. The molecule has 1 aliphatic rings. The minimum atomic E-state index is -0.894. The van der Waals surface area contributed by atoms with Crippen LogP contribution in [0.15, 0.2) is 5.16 Å². The SMILES string of the molecule is CCCNC(=O)CN(C)C(=O)C1(C(N)=NO)CC1. The van der Waals surface area contributed by atoms with Crippen molar-refractivity contribution in [2.24, 2.45) is 16.3 Å². The molecule has 1 saturated carbocycles. The van der Waals surface area contributed by atoms with E-state index in [9.17, 15) is 9.59 Å². The molecule has 0 spiro atoms. The Hall–Kier alpha value is -1.79. The fraction of sp³-hybridized carbons (Fsp3) is 0.727. The molecule has 0 bridgehead atoms. The Morgan fingerprint density at radius 2 is 2.11 bits per heavy atom. The molecule has 0 aliphatic heterocycles. The van der Waals surface area contributed by atoms with Crippen LogP contribution in [0.4, 0.5) is 0 Å². The van der Waals surface area contributed by atoms with Gasteiger partial charge in [-0.25, -0.2) is 0 Å². The topological polar surface area (TPSA) is 108 Å². The van der Waals surface area contributed by atoms with Gasteiger partial charge in [0.2, 0.25) is 11.8 Å². The third-order valence-electron chi connectivity index (χ3n) is 3.06. The maximum Gasteiger partial charge on any atom is 0.239 e. The highest BCUT2D eigenvalue weighted by molar-refractivity contribution is 6.09. The van der Waals surface area contributed by atoms with Gasteiger partial charge in [0.05, 0.1) is 6.54 Å². The normalized spacial score (nSPS) is 17.1. The number of hydrogen-bond donors (Lipinski definition) is 3. The number of amidine groups is 1. The molecule has 1 rings (SSSR count). The van der Waals surface area contributed by atoms with Gasteiger partial charge in [0, 0.05) is 13.6 Å². The molecule has 7 heteroatoms. The molecule has 0 aromatic heterocycles. The van der Waals surface area contributed by atoms with Gasteiger partial charge in [-0.05, 0) is 19.3 Å². The van der Waals surface area contributed by atoms with Crippen LogP contribution in [0.3, 0.4) is 0 Å². The van der Waals surface area contributed by atoms with Crippen molar-refractivity contribution < 1.29 is 14.8 Å². The summed E-state index contributed by atoms with van der Waals surface area (Å²) in [5.41, 5.74) is 4.62. The fourth-order valence-electron chi connectivity index (χ4n) is 1.77. The van der Waals surface area contributed by atoms with E-state index in [0.717, 1.165) is 6.42 Å². The van der Waals surface area contributed by atoms with E-state index in [0.29, 0.717) is 19.4 Å². The molecule has 7 nitrogen and oxygen atoms in total. The average Bonchev–Trinajstić information content (AvgIpc) is 3.15. The number of nitrogens with two attached hydrogens (primary N) is 1. The molecule has 0 radical (unpaired) electrons. The molecule has 0 atom stereocenters. The van der Waals surface area contributed by atoms with E-state index < -0.39 is 5.41 Å². The molecule has 2 amide bonds. The Labute approximate surface area is 106 Å². The van der Waals surface area contributed by atoms with Crippen LogP contribution in [0.2, 0.25) is 0 Å². The van der Waals surface area contributed by atoms with Crippen LogP contribution < -0.4 is 11.1 Å². The first-order valence-electron chi connectivity index (χ1n) is 5.98. The van der Waals surface area contributed by atoms with Crippen LogP contribution >= 0.6 is 0 Å². The first-order chi connectivity index (χ1) is 8.47. The summed E-state index contributed by atoms with van der Waals surface area (Å²) < 4.78 is 0. The molecule has 4 N–H and O–H groups in total. The summed E-state index contributed by atoms with van der Waals surface area (Å²) in [6, 6.07) is 0. The molecular weight excluding hydrogens is 236 g/mol. The van der Waals surface area contributed by atoms with Crippen LogP contribution in [0.1, 0.15) is 26.2 Å². The zero-order valence-electron chi connectivity index (χ0n) is 10.8. The van der Waals surface area contributed by atoms with Crippen molar-refractivity contribution in [2.75, 3.05) is 20.1 Å². The minimum Gasteiger partial charge on any atom is -0.409 e.